The third-order valence-electron chi connectivity index (χ3n) is 5.01. The summed E-state index contributed by atoms with van der Waals surface area (Å²) in [6.45, 7) is 0. The first kappa shape index (κ1) is 14.0. The van der Waals surface area contributed by atoms with Gasteiger partial charge in [-0.3, -0.25) is 4.57 Å². The summed E-state index contributed by atoms with van der Waals surface area (Å²) in [6, 6.07) is 23.6. The van der Waals surface area contributed by atoms with Crippen LogP contribution in [0.3, 0.4) is 0 Å². The van der Waals surface area contributed by atoms with E-state index in [1.165, 1.54) is 26.4 Å². The van der Waals surface area contributed by atoms with Gasteiger partial charge in [-0.2, -0.15) is 5.10 Å². The van der Waals surface area contributed by atoms with E-state index in [0.29, 0.717) is 0 Å². The van der Waals surface area contributed by atoms with E-state index in [1.807, 2.05) is 12.3 Å². The second-order valence-corrected chi connectivity index (χ2v) is 7.38. The molecule has 6 rings (SSSR count). The summed E-state index contributed by atoms with van der Waals surface area (Å²) >= 11 is 1.77. The second kappa shape index (κ2) is 5.13. The van der Waals surface area contributed by atoms with Crippen molar-refractivity contribution >= 4 is 54.0 Å². The quantitative estimate of drug-likeness (QED) is 0.367. The number of fused-ring (bicyclic) bond motifs is 5. The van der Waals surface area contributed by atoms with Crippen LogP contribution < -0.4 is 0 Å². The van der Waals surface area contributed by atoms with E-state index in [2.05, 4.69) is 80.8 Å². The van der Waals surface area contributed by atoms with Crippen LogP contribution in [-0.4, -0.2) is 14.8 Å². The van der Waals surface area contributed by atoms with Gasteiger partial charge in [-0.1, -0.05) is 42.5 Å². The fraction of sp³-hybridized carbons (Fsp3) is 0. The molecular formula is C22H13N3S. The third kappa shape index (κ3) is 1.82. The number of hydrogen-bond acceptors (Lipinski definition) is 3. The van der Waals surface area contributed by atoms with Crippen molar-refractivity contribution in [2.45, 2.75) is 0 Å². The number of para-hydroxylation sites is 1. The van der Waals surface area contributed by atoms with E-state index < -0.39 is 0 Å². The van der Waals surface area contributed by atoms with Crippen molar-refractivity contribution in [2.75, 3.05) is 0 Å². The molecule has 0 aliphatic rings. The number of rotatable bonds is 1. The average Bonchev–Trinajstić information content (AvgIpc) is 3.27. The molecule has 122 valence electrons. The summed E-state index contributed by atoms with van der Waals surface area (Å²) < 4.78 is 3.54. The Kier molecular flexibility index (Phi) is 2.76. The monoisotopic (exact) mass is 351 g/mol. The van der Waals surface area contributed by atoms with Crippen LogP contribution in [0.2, 0.25) is 0 Å². The molecule has 3 aromatic heterocycles. The Morgan fingerprint density at radius 2 is 1.58 bits per heavy atom. The van der Waals surface area contributed by atoms with Gasteiger partial charge < -0.3 is 0 Å². The SMILES string of the molecule is c1ccc2c(-n3c4ccccc4c4cc5ccsc5cc43)nncc2c1. The molecule has 0 bridgehead atoms. The highest BCUT2D eigenvalue weighted by Crippen LogP contribution is 2.36. The molecule has 0 unspecified atom stereocenters. The Bertz CT molecular complexity index is 1440. The van der Waals surface area contributed by atoms with Gasteiger partial charge in [0, 0.05) is 26.2 Å². The first-order valence-electron chi connectivity index (χ1n) is 8.51. The lowest BCUT2D eigenvalue weighted by Gasteiger charge is -2.09. The maximum Gasteiger partial charge on any atom is 0.168 e. The number of hydrogen-bond donors (Lipinski definition) is 0. The molecule has 0 saturated carbocycles. The van der Waals surface area contributed by atoms with Gasteiger partial charge in [0.15, 0.2) is 5.82 Å². The molecule has 3 heterocycles. The van der Waals surface area contributed by atoms with Crippen LogP contribution in [0.5, 0.6) is 0 Å². The Balaban J connectivity index is 1.87. The molecule has 6 aromatic rings. The second-order valence-electron chi connectivity index (χ2n) is 6.44. The van der Waals surface area contributed by atoms with E-state index >= 15 is 0 Å². The Hall–Kier alpha value is -3.24. The fourth-order valence-electron chi connectivity index (χ4n) is 3.83. The van der Waals surface area contributed by atoms with Crippen molar-refractivity contribution in [1.29, 1.82) is 0 Å². The van der Waals surface area contributed by atoms with E-state index in [-0.39, 0.29) is 0 Å². The highest BCUT2D eigenvalue weighted by molar-refractivity contribution is 7.17. The minimum atomic E-state index is 0.880. The molecule has 0 amide bonds. The van der Waals surface area contributed by atoms with Gasteiger partial charge in [-0.25, -0.2) is 0 Å². The van der Waals surface area contributed by atoms with Gasteiger partial charge in [0.2, 0.25) is 0 Å². The van der Waals surface area contributed by atoms with Crippen molar-refractivity contribution in [2.24, 2.45) is 0 Å². The summed E-state index contributed by atoms with van der Waals surface area (Å²) in [5.74, 6) is 0.880. The zero-order valence-electron chi connectivity index (χ0n) is 13.8. The minimum Gasteiger partial charge on any atom is -0.292 e. The van der Waals surface area contributed by atoms with Crippen LogP contribution in [0.4, 0.5) is 0 Å². The molecular weight excluding hydrogens is 338 g/mol. The van der Waals surface area contributed by atoms with Crippen LogP contribution >= 0.6 is 11.3 Å². The molecule has 26 heavy (non-hydrogen) atoms. The predicted octanol–water partition coefficient (Wildman–Crippen LogP) is 5.94. The largest absolute Gasteiger partial charge is 0.292 e. The summed E-state index contributed by atoms with van der Waals surface area (Å²) in [6.07, 6.45) is 1.82. The van der Waals surface area contributed by atoms with E-state index in [4.69, 9.17) is 0 Å². The molecule has 0 aliphatic heterocycles. The Morgan fingerprint density at radius 1 is 0.731 bits per heavy atom. The zero-order chi connectivity index (χ0) is 17.1. The van der Waals surface area contributed by atoms with Crippen LogP contribution in [0.1, 0.15) is 0 Å². The van der Waals surface area contributed by atoms with Gasteiger partial charge in [0.05, 0.1) is 17.2 Å². The third-order valence-corrected chi connectivity index (χ3v) is 5.89. The molecule has 3 aromatic carbocycles. The van der Waals surface area contributed by atoms with Crippen molar-refractivity contribution in [3.63, 3.8) is 0 Å². The molecule has 0 saturated heterocycles. The van der Waals surface area contributed by atoms with Crippen molar-refractivity contribution in [3.8, 4) is 5.82 Å². The molecule has 4 heteroatoms. The van der Waals surface area contributed by atoms with Crippen LogP contribution in [0.25, 0.3) is 48.5 Å². The smallest absolute Gasteiger partial charge is 0.168 e. The highest BCUT2D eigenvalue weighted by Gasteiger charge is 2.16. The maximum absolute atomic E-state index is 4.53. The Labute approximate surface area is 153 Å². The van der Waals surface area contributed by atoms with Gasteiger partial charge in [-0.05, 0) is 35.0 Å². The van der Waals surface area contributed by atoms with E-state index in [1.54, 1.807) is 11.3 Å². The number of nitrogens with zero attached hydrogens (tertiary/aromatic N) is 3. The number of benzene rings is 3. The highest BCUT2D eigenvalue weighted by atomic mass is 32.1. The summed E-state index contributed by atoms with van der Waals surface area (Å²) in [5, 5.41) is 16.9. The topological polar surface area (TPSA) is 30.7 Å². The van der Waals surface area contributed by atoms with Gasteiger partial charge in [-0.15, -0.1) is 16.4 Å². The standard InChI is InChI=1S/C22H13N3S/c1-2-6-16-15(5-1)13-23-24-22(16)25-19-8-4-3-7-17(19)18-11-14-9-10-26-21(14)12-20(18)25/h1-13H. The van der Waals surface area contributed by atoms with Crippen molar-refractivity contribution in [3.05, 3.63) is 78.3 Å². The first-order valence-corrected chi connectivity index (χ1v) is 9.39. The maximum atomic E-state index is 4.53. The molecule has 0 atom stereocenters. The van der Waals surface area contributed by atoms with Crippen LogP contribution in [-0.2, 0) is 0 Å². The van der Waals surface area contributed by atoms with Crippen LogP contribution in [0, 0.1) is 0 Å². The van der Waals surface area contributed by atoms with Gasteiger partial charge in [0.1, 0.15) is 0 Å². The molecule has 3 nitrogen and oxygen atoms in total. The van der Waals surface area contributed by atoms with Crippen LogP contribution in [0.15, 0.2) is 78.3 Å². The van der Waals surface area contributed by atoms with Crippen molar-refractivity contribution in [1.82, 2.24) is 14.8 Å². The molecule has 0 N–H and O–H groups in total. The molecule has 0 spiro atoms. The number of aromatic nitrogens is 3. The van der Waals surface area contributed by atoms with E-state index in [9.17, 15) is 0 Å². The van der Waals surface area contributed by atoms with Gasteiger partial charge in [0.25, 0.3) is 0 Å². The summed E-state index contributed by atoms with van der Waals surface area (Å²) in [7, 11) is 0. The summed E-state index contributed by atoms with van der Waals surface area (Å²) in [5.41, 5.74) is 2.33. The molecule has 0 aliphatic carbocycles. The predicted molar refractivity (Wildman–Crippen MR) is 109 cm³/mol. The zero-order valence-corrected chi connectivity index (χ0v) is 14.6. The Morgan fingerprint density at radius 3 is 2.54 bits per heavy atom. The molecule has 0 fully saturated rings. The molecule has 0 radical (unpaired) electrons. The normalized spacial score (nSPS) is 11.8. The lowest BCUT2D eigenvalue weighted by Crippen LogP contribution is -2.00. The number of thiophene rings is 1. The summed E-state index contributed by atoms with van der Waals surface area (Å²) in [4.78, 5) is 0. The first-order chi connectivity index (χ1) is 12.9. The minimum absolute atomic E-state index is 0.880. The van der Waals surface area contributed by atoms with Crippen molar-refractivity contribution < 1.29 is 0 Å². The fourth-order valence-corrected chi connectivity index (χ4v) is 4.64. The van der Waals surface area contributed by atoms with E-state index in [0.717, 1.165) is 22.1 Å². The van der Waals surface area contributed by atoms with Gasteiger partial charge >= 0.3 is 0 Å². The average molecular weight is 351 g/mol. The lowest BCUT2D eigenvalue weighted by atomic mass is 10.1. The lowest BCUT2D eigenvalue weighted by molar-refractivity contribution is 0.972.